The first kappa shape index (κ1) is 19.1. The highest BCUT2D eigenvalue weighted by Crippen LogP contribution is 2.35. The maximum atomic E-state index is 12.6. The minimum Gasteiger partial charge on any atom is -0.480 e. The van der Waals surface area contributed by atoms with Crippen molar-refractivity contribution < 1.29 is 19.6 Å². The van der Waals surface area contributed by atoms with E-state index in [0.29, 0.717) is 5.56 Å². The van der Waals surface area contributed by atoms with Gasteiger partial charge in [0.2, 0.25) is 0 Å². The molecule has 1 aliphatic rings. The van der Waals surface area contributed by atoms with Crippen LogP contribution >= 0.6 is 24.0 Å². The molecule has 9 heteroatoms. The minimum atomic E-state index is -1.11. The topological polar surface area (TPSA) is 101 Å². The van der Waals surface area contributed by atoms with Gasteiger partial charge in [-0.3, -0.25) is 19.8 Å². The Kier molecular flexibility index (Phi) is 5.91. The third-order valence-electron chi connectivity index (χ3n) is 3.49. The first-order valence-electron chi connectivity index (χ1n) is 7.45. The van der Waals surface area contributed by atoms with E-state index in [-0.39, 0.29) is 27.3 Å². The Labute approximate surface area is 153 Å². The van der Waals surface area contributed by atoms with Crippen LogP contribution in [0.1, 0.15) is 25.8 Å². The van der Waals surface area contributed by atoms with Gasteiger partial charge in [-0.15, -0.1) is 0 Å². The average molecular weight is 380 g/mol. The molecule has 1 saturated heterocycles. The third kappa shape index (κ3) is 4.43. The van der Waals surface area contributed by atoms with E-state index >= 15 is 0 Å². The number of nitrogens with zero attached hydrogens (tertiary/aromatic N) is 2. The number of carboxylic acids is 1. The fraction of sp³-hybridized carbons (Fsp3) is 0.312. The van der Waals surface area contributed by atoms with E-state index in [0.717, 1.165) is 16.7 Å². The van der Waals surface area contributed by atoms with Crippen molar-refractivity contribution in [2.45, 2.75) is 26.3 Å². The third-order valence-corrected chi connectivity index (χ3v) is 4.82. The average Bonchev–Trinajstić information content (AvgIpc) is 2.79. The standard InChI is InChI=1S/C16H16N2O5S2/c1-9(2)6-12(15(20)21)17-14(19)13(25-16(17)24)8-10-4-3-5-11(7-10)18(22)23/h3-5,7-9,12H,6H2,1-2H3,(H,20,21)/b13-8-/t12-/m0/s1. The number of carboxylic acid groups (broad SMARTS) is 1. The molecule has 1 amide bonds. The number of amides is 1. The lowest BCUT2D eigenvalue weighted by Gasteiger charge is -2.24. The monoisotopic (exact) mass is 380 g/mol. The first-order valence-corrected chi connectivity index (χ1v) is 8.67. The summed E-state index contributed by atoms with van der Waals surface area (Å²) in [7, 11) is 0. The molecule has 0 aromatic heterocycles. The van der Waals surface area contributed by atoms with Crippen molar-refractivity contribution in [2.75, 3.05) is 0 Å². The zero-order valence-corrected chi connectivity index (χ0v) is 15.2. The van der Waals surface area contributed by atoms with Gasteiger partial charge in [-0.25, -0.2) is 4.79 Å². The van der Waals surface area contributed by atoms with Crippen molar-refractivity contribution in [3.8, 4) is 0 Å². The Bertz CT molecular complexity index is 776. The Hall–Kier alpha value is -2.26. The van der Waals surface area contributed by atoms with Gasteiger partial charge in [0.25, 0.3) is 11.6 Å². The van der Waals surface area contributed by atoms with E-state index in [9.17, 15) is 24.8 Å². The summed E-state index contributed by atoms with van der Waals surface area (Å²) in [5, 5.41) is 20.3. The van der Waals surface area contributed by atoms with E-state index in [1.807, 2.05) is 13.8 Å². The fourth-order valence-electron chi connectivity index (χ4n) is 2.39. The molecule has 1 aliphatic heterocycles. The quantitative estimate of drug-likeness (QED) is 0.350. The second-order valence-corrected chi connectivity index (χ2v) is 7.56. The van der Waals surface area contributed by atoms with Crippen molar-refractivity contribution in [3.05, 3.63) is 44.8 Å². The van der Waals surface area contributed by atoms with Crippen molar-refractivity contribution >= 4 is 51.9 Å². The van der Waals surface area contributed by atoms with E-state index in [1.165, 1.54) is 24.3 Å². The minimum absolute atomic E-state index is 0.0755. The number of hydrogen-bond acceptors (Lipinski definition) is 6. The molecule has 25 heavy (non-hydrogen) atoms. The highest BCUT2D eigenvalue weighted by molar-refractivity contribution is 8.26. The zero-order chi connectivity index (χ0) is 18.7. The normalized spacial score (nSPS) is 17.4. The summed E-state index contributed by atoms with van der Waals surface area (Å²) in [6.07, 6.45) is 1.77. The molecular weight excluding hydrogens is 364 g/mol. The van der Waals surface area contributed by atoms with Crippen LogP contribution in [0.2, 0.25) is 0 Å². The van der Waals surface area contributed by atoms with Gasteiger partial charge in [-0.2, -0.15) is 0 Å². The summed E-state index contributed by atoms with van der Waals surface area (Å²) < 4.78 is 0.176. The molecular formula is C16H16N2O5S2. The molecule has 1 atom stereocenters. The molecule has 1 heterocycles. The number of thiocarbonyl (C=S) groups is 1. The van der Waals surface area contributed by atoms with Gasteiger partial charge in [0.05, 0.1) is 9.83 Å². The van der Waals surface area contributed by atoms with Gasteiger partial charge in [0.15, 0.2) is 0 Å². The molecule has 0 unspecified atom stereocenters. The predicted octanol–water partition coefficient (Wildman–Crippen LogP) is 3.30. The van der Waals surface area contributed by atoms with Gasteiger partial charge in [0.1, 0.15) is 10.4 Å². The number of thioether (sulfide) groups is 1. The lowest BCUT2D eigenvalue weighted by Crippen LogP contribution is -2.44. The summed E-state index contributed by atoms with van der Waals surface area (Å²) >= 11 is 6.18. The Balaban J connectivity index is 2.32. The van der Waals surface area contributed by atoms with Crippen LogP contribution in [-0.4, -0.2) is 37.2 Å². The maximum absolute atomic E-state index is 12.6. The number of aliphatic carboxylic acids is 1. The predicted molar refractivity (Wildman–Crippen MR) is 99.0 cm³/mol. The molecule has 0 aliphatic carbocycles. The molecule has 0 spiro atoms. The summed E-state index contributed by atoms with van der Waals surface area (Å²) in [4.78, 5) is 35.8. The van der Waals surface area contributed by atoms with Crippen molar-refractivity contribution in [3.63, 3.8) is 0 Å². The molecule has 2 rings (SSSR count). The van der Waals surface area contributed by atoms with Gasteiger partial charge in [-0.1, -0.05) is 50.0 Å². The zero-order valence-electron chi connectivity index (χ0n) is 13.5. The summed E-state index contributed by atoms with van der Waals surface area (Å²) in [6.45, 7) is 3.74. The van der Waals surface area contributed by atoms with Gasteiger partial charge in [-0.05, 0) is 24.0 Å². The van der Waals surface area contributed by atoms with Crippen LogP contribution in [0.5, 0.6) is 0 Å². The lowest BCUT2D eigenvalue weighted by molar-refractivity contribution is -0.384. The molecule has 0 bridgehead atoms. The molecule has 1 aromatic carbocycles. The second-order valence-electron chi connectivity index (χ2n) is 5.89. The smallest absolute Gasteiger partial charge is 0.326 e. The van der Waals surface area contributed by atoms with E-state index in [4.69, 9.17) is 12.2 Å². The second kappa shape index (κ2) is 7.75. The first-order chi connectivity index (χ1) is 11.7. The molecule has 0 saturated carbocycles. The number of rotatable bonds is 6. The van der Waals surface area contributed by atoms with E-state index < -0.39 is 22.8 Å². The van der Waals surface area contributed by atoms with Crippen LogP contribution < -0.4 is 0 Å². The number of benzene rings is 1. The Morgan fingerprint density at radius 2 is 2.16 bits per heavy atom. The molecule has 0 radical (unpaired) electrons. The fourth-order valence-corrected chi connectivity index (χ4v) is 3.75. The molecule has 1 aromatic rings. The van der Waals surface area contributed by atoms with E-state index in [1.54, 1.807) is 6.07 Å². The Morgan fingerprint density at radius 1 is 1.48 bits per heavy atom. The number of nitro benzene ring substituents is 1. The van der Waals surface area contributed by atoms with Crippen LogP contribution in [0.3, 0.4) is 0 Å². The summed E-state index contributed by atoms with van der Waals surface area (Å²) in [6, 6.07) is 4.82. The van der Waals surface area contributed by atoms with Crippen LogP contribution in [0.25, 0.3) is 6.08 Å². The Morgan fingerprint density at radius 3 is 2.72 bits per heavy atom. The number of hydrogen-bond donors (Lipinski definition) is 1. The summed E-state index contributed by atoms with van der Waals surface area (Å²) in [5.41, 5.74) is 0.387. The van der Waals surface area contributed by atoms with Crippen molar-refractivity contribution in [2.24, 2.45) is 5.92 Å². The van der Waals surface area contributed by atoms with Crippen LogP contribution in [-0.2, 0) is 9.59 Å². The van der Waals surface area contributed by atoms with Crippen LogP contribution in [0.15, 0.2) is 29.2 Å². The SMILES string of the molecule is CC(C)C[C@@H](C(=O)O)N1C(=O)/C(=C/c2cccc([N+](=O)[O-])c2)SC1=S. The van der Waals surface area contributed by atoms with Crippen molar-refractivity contribution in [1.29, 1.82) is 0 Å². The summed E-state index contributed by atoms with van der Waals surface area (Å²) in [5.74, 6) is -1.53. The van der Waals surface area contributed by atoms with Gasteiger partial charge < -0.3 is 5.11 Å². The van der Waals surface area contributed by atoms with Crippen molar-refractivity contribution in [1.82, 2.24) is 4.90 Å². The number of carbonyl (C=O) groups excluding carboxylic acids is 1. The largest absolute Gasteiger partial charge is 0.480 e. The van der Waals surface area contributed by atoms with Crippen LogP contribution in [0.4, 0.5) is 5.69 Å². The van der Waals surface area contributed by atoms with Gasteiger partial charge >= 0.3 is 5.97 Å². The lowest BCUT2D eigenvalue weighted by atomic mass is 10.0. The number of non-ortho nitro benzene ring substituents is 1. The molecule has 1 fully saturated rings. The van der Waals surface area contributed by atoms with Crippen LogP contribution in [0, 0.1) is 16.0 Å². The highest BCUT2D eigenvalue weighted by Gasteiger charge is 2.40. The highest BCUT2D eigenvalue weighted by atomic mass is 32.2. The molecule has 132 valence electrons. The van der Waals surface area contributed by atoms with E-state index in [2.05, 4.69) is 0 Å². The molecule has 1 N–H and O–H groups in total. The molecule has 7 nitrogen and oxygen atoms in total. The maximum Gasteiger partial charge on any atom is 0.326 e. The van der Waals surface area contributed by atoms with Gasteiger partial charge in [0, 0.05) is 12.1 Å². The number of carbonyl (C=O) groups is 2. The number of nitro groups is 1.